The number of nitrogens with zero attached hydrogens (tertiary/aromatic N) is 4. The molecule has 0 aliphatic carbocycles. The molecule has 4 nitrogen and oxygen atoms in total. The van der Waals surface area contributed by atoms with Crippen LogP contribution in [0.5, 0.6) is 0 Å². The standard InChI is InChI=1S/C51H34N4/c1-3-13-35(14-4-1)37-25-29-39(30-26-37)49-52-50(40-31-27-38(28-32-40)36-15-5-2-6-16-36)54-51(53-49)43-19-11-17-41(33-43)42-18-12-20-44(34-42)55-47-23-9-7-21-45(47)46-22-8-10-24-48(46)55/h1-34H. The lowest BCUT2D eigenvalue weighted by molar-refractivity contribution is 1.07. The van der Waals surface area contributed by atoms with E-state index in [2.05, 4.69) is 199 Å². The van der Waals surface area contributed by atoms with Crippen molar-refractivity contribution in [2.45, 2.75) is 0 Å². The van der Waals surface area contributed by atoms with Crippen LogP contribution in [0.4, 0.5) is 0 Å². The maximum absolute atomic E-state index is 5.10. The summed E-state index contributed by atoms with van der Waals surface area (Å²) in [5.41, 5.74) is 13.1. The highest BCUT2D eigenvalue weighted by atomic mass is 15.0. The molecule has 0 spiro atoms. The Morgan fingerprint density at radius 2 is 0.618 bits per heavy atom. The van der Waals surface area contributed by atoms with Crippen LogP contribution >= 0.6 is 0 Å². The van der Waals surface area contributed by atoms with Gasteiger partial charge in [-0.25, -0.2) is 15.0 Å². The molecule has 4 heteroatoms. The second-order valence-corrected chi connectivity index (χ2v) is 13.7. The van der Waals surface area contributed by atoms with Gasteiger partial charge in [0, 0.05) is 33.2 Å². The average Bonchev–Trinajstić information content (AvgIpc) is 3.61. The topological polar surface area (TPSA) is 43.6 Å². The first kappa shape index (κ1) is 32.2. The van der Waals surface area contributed by atoms with Crippen LogP contribution in [-0.4, -0.2) is 19.5 Å². The number of hydrogen-bond donors (Lipinski definition) is 0. The molecule has 10 rings (SSSR count). The molecule has 0 amide bonds. The fraction of sp³-hybridized carbons (Fsp3) is 0. The first-order chi connectivity index (χ1) is 27.2. The quantitative estimate of drug-likeness (QED) is 0.166. The first-order valence-corrected chi connectivity index (χ1v) is 18.5. The van der Waals surface area contributed by atoms with E-state index in [1.54, 1.807) is 0 Å². The van der Waals surface area contributed by atoms with Gasteiger partial charge in [-0.3, -0.25) is 0 Å². The van der Waals surface area contributed by atoms with Crippen molar-refractivity contribution in [2.75, 3.05) is 0 Å². The molecule has 2 heterocycles. The lowest BCUT2D eigenvalue weighted by atomic mass is 10.0. The van der Waals surface area contributed by atoms with Crippen LogP contribution in [0.3, 0.4) is 0 Å². The van der Waals surface area contributed by atoms with Gasteiger partial charge in [-0.15, -0.1) is 0 Å². The Labute approximate surface area is 319 Å². The molecule has 0 bridgehead atoms. The van der Waals surface area contributed by atoms with Gasteiger partial charge in [-0.1, -0.05) is 176 Å². The minimum atomic E-state index is 0.625. The molecule has 10 aromatic rings. The second kappa shape index (κ2) is 13.8. The SMILES string of the molecule is c1ccc(-c2ccc(-c3nc(-c4ccc(-c5ccccc5)cc4)nc(-c4cccc(-c5cccc(-n6c7ccccc7c7ccccc76)c5)c4)n3)cc2)cc1. The van der Waals surface area contributed by atoms with Crippen molar-refractivity contribution in [1.29, 1.82) is 0 Å². The summed E-state index contributed by atoms with van der Waals surface area (Å²) in [4.78, 5) is 15.3. The zero-order valence-electron chi connectivity index (χ0n) is 29.9. The van der Waals surface area contributed by atoms with E-state index >= 15 is 0 Å². The molecule has 0 unspecified atom stereocenters. The van der Waals surface area contributed by atoms with Gasteiger partial charge in [-0.2, -0.15) is 0 Å². The Kier molecular flexibility index (Phi) is 8.12. The summed E-state index contributed by atoms with van der Waals surface area (Å²) in [5.74, 6) is 1.88. The third-order valence-electron chi connectivity index (χ3n) is 10.3. The number of fused-ring (bicyclic) bond motifs is 3. The molecule has 0 N–H and O–H groups in total. The highest BCUT2D eigenvalue weighted by Crippen LogP contribution is 2.35. The van der Waals surface area contributed by atoms with E-state index in [9.17, 15) is 0 Å². The summed E-state index contributed by atoms with van der Waals surface area (Å²) in [7, 11) is 0. The molecule has 0 aliphatic heterocycles. The molecular formula is C51H34N4. The summed E-state index contributed by atoms with van der Waals surface area (Å²) < 4.78 is 2.36. The minimum absolute atomic E-state index is 0.625. The lowest BCUT2D eigenvalue weighted by Crippen LogP contribution is -2.00. The Balaban J connectivity index is 1.06. The molecule has 0 saturated heterocycles. The first-order valence-electron chi connectivity index (χ1n) is 18.5. The average molecular weight is 703 g/mol. The van der Waals surface area contributed by atoms with Crippen LogP contribution in [-0.2, 0) is 0 Å². The van der Waals surface area contributed by atoms with Crippen molar-refractivity contribution in [3.63, 3.8) is 0 Å². The van der Waals surface area contributed by atoms with Crippen LogP contribution in [0, 0.1) is 0 Å². The molecule has 8 aromatic carbocycles. The van der Waals surface area contributed by atoms with Crippen LogP contribution in [0.25, 0.3) is 95.0 Å². The number of aromatic nitrogens is 4. The minimum Gasteiger partial charge on any atom is -0.309 e. The fourth-order valence-corrected chi connectivity index (χ4v) is 7.51. The van der Waals surface area contributed by atoms with Gasteiger partial charge in [-0.05, 0) is 63.7 Å². The van der Waals surface area contributed by atoms with Crippen LogP contribution < -0.4 is 0 Å². The Bertz CT molecular complexity index is 2790. The molecule has 55 heavy (non-hydrogen) atoms. The number of rotatable bonds is 7. The van der Waals surface area contributed by atoms with Gasteiger partial charge in [0.05, 0.1) is 11.0 Å². The summed E-state index contributed by atoms with van der Waals surface area (Å²) in [6.07, 6.45) is 0. The van der Waals surface area contributed by atoms with Crippen LogP contribution in [0.2, 0.25) is 0 Å². The lowest BCUT2D eigenvalue weighted by Gasteiger charge is -2.12. The maximum atomic E-state index is 5.10. The third kappa shape index (κ3) is 6.16. The summed E-state index contributed by atoms with van der Waals surface area (Å²) in [5, 5.41) is 2.49. The maximum Gasteiger partial charge on any atom is 0.164 e. The van der Waals surface area contributed by atoms with Gasteiger partial charge in [0.15, 0.2) is 17.5 Å². The van der Waals surface area contributed by atoms with E-state index in [0.29, 0.717) is 17.5 Å². The van der Waals surface area contributed by atoms with Crippen LogP contribution in [0.15, 0.2) is 206 Å². The molecular weight excluding hydrogens is 669 g/mol. The van der Waals surface area contributed by atoms with Crippen molar-refractivity contribution in [1.82, 2.24) is 19.5 Å². The largest absolute Gasteiger partial charge is 0.309 e. The fourth-order valence-electron chi connectivity index (χ4n) is 7.51. The van der Waals surface area contributed by atoms with E-state index in [1.165, 1.54) is 32.9 Å². The van der Waals surface area contributed by atoms with Crippen LogP contribution in [0.1, 0.15) is 0 Å². The van der Waals surface area contributed by atoms with Crippen molar-refractivity contribution < 1.29 is 0 Å². The number of hydrogen-bond acceptors (Lipinski definition) is 3. The summed E-state index contributed by atoms with van der Waals surface area (Å²) >= 11 is 0. The van der Waals surface area contributed by atoms with Crippen molar-refractivity contribution in [3.05, 3.63) is 206 Å². The molecule has 0 atom stereocenters. The van der Waals surface area contributed by atoms with Crippen molar-refractivity contribution in [3.8, 4) is 73.2 Å². The molecule has 0 fully saturated rings. The van der Waals surface area contributed by atoms with E-state index in [0.717, 1.165) is 44.6 Å². The van der Waals surface area contributed by atoms with Gasteiger partial charge in [0.25, 0.3) is 0 Å². The summed E-state index contributed by atoms with van der Waals surface area (Å²) in [6.45, 7) is 0. The normalized spacial score (nSPS) is 11.3. The van der Waals surface area contributed by atoms with E-state index in [1.807, 2.05) is 12.1 Å². The smallest absolute Gasteiger partial charge is 0.164 e. The van der Waals surface area contributed by atoms with E-state index in [-0.39, 0.29) is 0 Å². The van der Waals surface area contributed by atoms with E-state index in [4.69, 9.17) is 15.0 Å². The zero-order chi connectivity index (χ0) is 36.6. The third-order valence-corrected chi connectivity index (χ3v) is 10.3. The zero-order valence-corrected chi connectivity index (χ0v) is 29.9. The Hall–Kier alpha value is -7.43. The molecule has 0 radical (unpaired) electrons. The van der Waals surface area contributed by atoms with Gasteiger partial charge in [0.1, 0.15) is 0 Å². The molecule has 258 valence electrons. The monoisotopic (exact) mass is 702 g/mol. The van der Waals surface area contributed by atoms with E-state index < -0.39 is 0 Å². The highest BCUT2D eigenvalue weighted by molar-refractivity contribution is 6.09. The van der Waals surface area contributed by atoms with Crippen molar-refractivity contribution >= 4 is 21.8 Å². The molecule has 0 aliphatic rings. The summed E-state index contributed by atoms with van der Waals surface area (Å²) in [6, 6.07) is 72.2. The highest BCUT2D eigenvalue weighted by Gasteiger charge is 2.15. The predicted molar refractivity (Wildman–Crippen MR) is 227 cm³/mol. The Morgan fingerprint density at radius 3 is 1.15 bits per heavy atom. The molecule has 0 saturated carbocycles. The number of benzene rings is 8. The van der Waals surface area contributed by atoms with Gasteiger partial charge >= 0.3 is 0 Å². The predicted octanol–water partition coefficient (Wildman–Crippen LogP) is 13.0. The van der Waals surface area contributed by atoms with Crippen molar-refractivity contribution in [2.24, 2.45) is 0 Å². The van der Waals surface area contributed by atoms with Gasteiger partial charge in [0.2, 0.25) is 0 Å². The molecule has 2 aromatic heterocycles. The van der Waals surface area contributed by atoms with Gasteiger partial charge < -0.3 is 4.57 Å². The second-order valence-electron chi connectivity index (χ2n) is 13.7. The Morgan fingerprint density at radius 1 is 0.255 bits per heavy atom. The number of para-hydroxylation sites is 2.